The molecule has 2 amide bonds. The molecule has 2 atom stereocenters. The molecule has 0 spiro atoms. The van der Waals surface area contributed by atoms with Crippen LogP contribution in [0.4, 0.5) is 11.8 Å². The summed E-state index contributed by atoms with van der Waals surface area (Å²) in [5, 5.41) is 12.7. The lowest BCUT2D eigenvalue weighted by molar-refractivity contribution is -0.131. The van der Waals surface area contributed by atoms with Gasteiger partial charge in [-0.3, -0.25) is 14.9 Å². The highest BCUT2D eigenvalue weighted by Crippen LogP contribution is 2.35. The van der Waals surface area contributed by atoms with E-state index in [1.54, 1.807) is 0 Å². The van der Waals surface area contributed by atoms with Crippen LogP contribution >= 0.6 is 0 Å². The summed E-state index contributed by atoms with van der Waals surface area (Å²) in [6, 6.07) is 4.00. The largest absolute Gasteiger partial charge is 0.354 e. The molecule has 2 N–H and O–H groups in total. The highest BCUT2D eigenvalue weighted by Gasteiger charge is 2.39. The molecule has 0 aromatic carbocycles. The van der Waals surface area contributed by atoms with E-state index in [1.807, 2.05) is 23.2 Å². The number of hydrogen-bond acceptors (Lipinski definition) is 6. The standard InChI is InChI=1S/C20H23N7O2/c21-6-3-16(28)27-10-12-5-8-26(11-14(27)9-12)18-15-4-7-22-17(15)23-20(24-18)25-19(29)13-1-2-13/h4,7,12-14H,1-3,5,8-11H2,(H2,22,23,24,25,29). The highest BCUT2D eigenvalue weighted by molar-refractivity contribution is 5.95. The minimum Gasteiger partial charge on any atom is -0.354 e. The first-order valence-corrected chi connectivity index (χ1v) is 10.2. The van der Waals surface area contributed by atoms with Crippen molar-refractivity contribution in [1.29, 1.82) is 5.26 Å². The average molecular weight is 393 g/mol. The number of carbonyl (C=O) groups excluding carboxylic acids is 2. The van der Waals surface area contributed by atoms with Crippen molar-refractivity contribution in [2.75, 3.05) is 29.9 Å². The zero-order chi connectivity index (χ0) is 20.0. The van der Waals surface area contributed by atoms with E-state index >= 15 is 0 Å². The molecule has 1 saturated carbocycles. The van der Waals surface area contributed by atoms with E-state index < -0.39 is 0 Å². The Morgan fingerprint density at radius 1 is 1.28 bits per heavy atom. The molecule has 0 radical (unpaired) electrons. The third-order valence-corrected chi connectivity index (χ3v) is 6.17. The van der Waals surface area contributed by atoms with Crippen LogP contribution in [-0.2, 0) is 9.59 Å². The molecule has 2 aromatic rings. The van der Waals surface area contributed by atoms with E-state index in [4.69, 9.17) is 5.26 Å². The number of nitrogens with one attached hydrogen (secondary N) is 2. The van der Waals surface area contributed by atoms with Gasteiger partial charge in [0.1, 0.15) is 17.9 Å². The van der Waals surface area contributed by atoms with Gasteiger partial charge < -0.3 is 14.8 Å². The smallest absolute Gasteiger partial charge is 0.237 e. The fourth-order valence-corrected chi connectivity index (χ4v) is 4.53. The number of hydrogen-bond donors (Lipinski definition) is 2. The second kappa shape index (κ2) is 7.03. The molecule has 9 nitrogen and oxygen atoms in total. The maximum Gasteiger partial charge on any atom is 0.237 e. The fraction of sp³-hybridized carbons (Fsp3) is 0.550. The number of aromatic amines is 1. The number of rotatable bonds is 4. The number of carbonyl (C=O) groups is 2. The predicted molar refractivity (Wildman–Crippen MR) is 106 cm³/mol. The molecule has 3 aliphatic rings. The van der Waals surface area contributed by atoms with Crippen molar-refractivity contribution < 1.29 is 9.59 Å². The summed E-state index contributed by atoms with van der Waals surface area (Å²) in [6.45, 7) is 2.25. The predicted octanol–water partition coefficient (Wildman–Crippen LogP) is 1.65. The SMILES string of the molecule is N#CCC(=O)N1CC2CCN(c3nc(NC(=O)C4CC4)nc4[nH]ccc34)CC1C2. The zero-order valence-electron chi connectivity index (χ0n) is 16.1. The maximum atomic E-state index is 12.4. The second-order valence-corrected chi connectivity index (χ2v) is 8.25. The molecule has 2 aliphatic heterocycles. The van der Waals surface area contributed by atoms with Gasteiger partial charge in [0.2, 0.25) is 17.8 Å². The number of nitrogens with zero attached hydrogens (tertiary/aromatic N) is 5. The second-order valence-electron chi connectivity index (χ2n) is 8.25. The Hall–Kier alpha value is -3.15. The number of amides is 2. The summed E-state index contributed by atoms with van der Waals surface area (Å²) in [5.74, 6) is 1.51. The molecule has 150 valence electrons. The highest BCUT2D eigenvalue weighted by atomic mass is 16.2. The van der Waals surface area contributed by atoms with Gasteiger partial charge in [-0.1, -0.05) is 0 Å². The maximum absolute atomic E-state index is 12.4. The molecule has 3 fully saturated rings. The quantitative estimate of drug-likeness (QED) is 0.815. The summed E-state index contributed by atoms with van der Waals surface area (Å²) in [4.78, 5) is 40.9. The Balaban J connectivity index is 1.43. The van der Waals surface area contributed by atoms with Crippen molar-refractivity contribution in [3.05, 3.63) is 12.3 Å². The molecular formula is C20H23N7O2. The van der Waals surface area contributed by atoms with Gasteiger partial charge in [-0.25, -0.2) is 0 Å². The number of fused-ring (bicyclic) bond motifs is 3. The summed E-state index contributed by atoms with van der Waals surface area (Å²) in [5.41, 5.74) is 0.688. The van der Waals surface area contributed by atoms with Gasteiger partial charge >= 0.3 is 0 Å². The summed E-state index contributed by atoms with van der Waals surface area (Å²) in [7, 11) is 0. The topological polar surface area (TPSA) is 118 Å². The molecular weight excluding hydrogens is 370 g/mol. The van der Waals surface area contributed by atoms with E-state index in [0.29, 0.717) is 24.1 Å². The van der Waals surface area contributed by atoms with Crippen LogP contribution in [0.5, 0.6) is 0 Å². The van der Waals surface area contributed by atoms with Gasteiger partial charge in [0.25, 0.3) is 0 Å². The van der Waals surface area contributed by atoms with E-state index in [9.17, 15) is 9.59 Å². The van der Waals surface area contributed by atoms with Crippen LogP contribution in [0.3, 0.4) is 0 Å². The average Bonchev–Trinajstić information content (AvgIpc) is 3.36. The molecule has 2 aromatic heterocycles. The third kappa shape index (κ3) is 3.39. The van der Waals surface area contributed by atoms with Gasteiger partial charge in [-0.05, 0) is 37.7 Å². The number of anilines is 2. The van der Waals surface area contributed by atoms with E-state index in [0.717, 1.165) is 50.0 Å². The molecule has 2 saturated heterocycles. The third-order valence-electron chi connectivity index (χ3n) is 6.17. The van der Waals surface area contributed by atoms with Crippen molar-refractivity contribution in [3.8, 4) is 6.07 Å². The Morgan fingerprint density at radius 2 is 2.14 bits per heavy atom. The molecule has 2 unspecified atom stereocenters. The molecule has 1 aliphatic carbocycles. The Morgan fingerprint density at radius 3 is 2.93 bits per heavy atom. The molecule has 29 heavy (non-hydrogen) atoms. The van der Waals surface area contributed by atoms with E-state index in [1.165, 1.54) is 0 Å². The molecule has 2 bridgehead atoms. The van der Waals surface area contributed by atoms with Crippen LogP contribution in [-0.4, -0.2) is 57.3 Å². The fourth-order valence-electron chi connectivity index (χ4n) is 4.53. The Labute approximate surface area is 168 Å². The van der Waals surface area contributed by atoms with Crippen LogP contribution in [0.15, 0.2) is 12.3 Å². The lowest BCUT2D eigenvalue weighted by Gasteiger charge is -2.32. The number of likely N-dealkylation sites (tertiary alicyclic amines) is 1. The first kappa shape index (κ1) is 17.9. The summed E-state index contributed by atoms with van der Waals surface area (Å²) < 4.78 is 0. The molecule has 9 heteroatoms. The van der Waals surface area contributed by atoms with E-state index in [-0.39, 0.29) is 30.2 Å². The van der Waals surface area contributed by atoms with Crippen molar-refractivity contribution in [3.63, 3.8) is 0 Å². The van der Waals surface area contributed by atoms with E-state index in [2.05, 4.69) is 25.2 Å². The van der Waals surface area contributed by atoms with Gasteiger partial charge in [0.05, 0.1) is 11.5 Å². The number of H-pyrrole nitrogens is 1. The van der Waals surface area contributed by atoms with Crippen LogP contribution in [0.25, 0.3) is 11.0 Å². The number of aromatic nitrogens is 3. The lowest BCUT2D eigenvalue weighted by atomic mass is 10.0. The van der Waals surface area contributed by atoms with Crippen molar-refractivity contribution in [1.82, 2.24) is 19.9 Å². The Bertz CT molecular complexity index is 1010. The zero-order valence-corrected chi connectivity index (χ0v) is 16.1. The minimum atomic E-state index is -0.0892. The monoisotopic (exact) mass is 393 g/mol. The first-order valence-electron chi connectivity index (χ1n) is 10.2. The Kier molecular flexibility index (Phi) is 4.34. The van der Waals surface area contributed by atoms with Crippen LogP contribution in [0, 0.1) is 23.2 Å². The van der Waals surface area contributed by atoms with Gasteiger partial charge in [0.15, 0.2) is 0 Å². The van der Waals surface area contributed by atoms with Gasteiger partial charge in [-0.15, -0.1) is 0 Å². The van der Waals surface area contributed by atoms with Gasteiger partial charge in [-0.2, -0.15) is 15.2 Å². The first-order chi connectivity index (χ1) is 14.1. The number of nitriles is 1. The lowest BCUT2D eigenvalue weighted by Crippen LogP contribution is -2.44. The van der Waals surface area contributed by atoms with Crippen LogP contribution in [0.2, 0.25) is 0 Å². The van der Waals surface area contributed by atoms with Crippen molar-refractivity contribution in [2.45, 2.75) is 38.1 Å². The molecule has 5 rings (SSSR count). The van der Waals surface area contributed by atoms with Crippen molar-refractivity contribution in [2.24, 2.45) is 11.8 Å². The normalized spacial score (nSPS) is 23.7. The van der Waals surface area contributed by atoms with Crippen molar-refractivity contribution >= 4 is 34.6 Å². The summed E-state index contributed by atoms with van der Waals surface area (Å²) in [6.07, 6.45) is 5.52. The summed E-state index contributed by atoms with van der Waals surface area (Å²) >= 11 is 0. The van der Waals surface area contributed by atoms with Gasteiger partial charge in [0, 0.05) is 37.8 Å². The minimum absolute atomic E-state index is 0.0231. The van der Waals surface area contributed by atoms with Crippen LogP contribution in [0.1, 0.15) is 32.1 Å². The van der Waals surface area contributed by atoms with Crippen LogP contribution < -0.4 is 10.2 Å². The molecule has 4 heterocycles.